The second-order valence-electron chi connectivity index (χ2n) is 7.00. The van der Waals surface area contributed by atoms with Crippen molar-refractivity contribution in [3.8, 4) is 11.5 Å². The van der Waals surface area contributed by atoms with E-state index in [0.29, 0.717) is 19.0 Å². The summed E-state index contributed by atoms with van der Waals surface area (Å²) in [7, 11) is 0. The highest BCUT2D eigenvalue weighted by atomic mass is 16.7. The maximum atomic E-state index is 13.1. The second kappa shape index (κ2) is 7.77. The molecule has 0 N–H and O–H groups in total. The number of benzene rings is 1. The van der Waals surface area contributed by atoms with Crippen LogP contribution in [0, 0.1) is 0 Å². The SMILES string of the molecule is O=C(Cc1ccc2c(c1)OCO2)N(Cc1ccccn1)C1CCCCC1. The Morgan fingerprint density at radius 3 is 2.73 bits per heavy atom. The van der Waals surface area contributed by atoms with Crippen molar-refractivity contribution in [3.05, 3.63) is 53.9 Å². The number of nitrogens with zero attached hydrogens (tertiary/aromatic N) is 2. The Kier molecular flexibility index (Phi) is 5.04. The van der Waals surface area contributed by atoms with Gasteiger partial charge in [-0.3, -0.25) is 9.78 Å². The monoisotopic (exact) mass is 352 g/mol. The van der Waals surface area contributed by atoms with E-state index in [0.717, 1.165) is 35.6 Å². The zero-order chi connectivity index (χ0) is 17.8. The van der Waals surface area contributed by atoms with Crippen molar-refractivity contribution in [1.82, 2.24) is 9.88 Å². The smallest absolute Gasteiger partial charge is 0.231 e. The fourth-order valence-corrected chi connectivity index (χ4v) is 3.81. The van der Waals surface area contributed by atoms with Crippen LogP contribution in [0.1, 0.15) is 43.4 Å². The molecule has 2 aliphatic rings. The maximum Gasteiger partial charge on any atom is 0.231 e. The number of aromatic nitrogens is 1. The van der Waals surface area contributed by atoms with Gasteiger partial charge in [-0.15, -0.1) is 0 Å². The molecule has 1 aliphatic heterocycles. The van der Waals surface area contributed by atoms with E-state index in [1.54, 1.807) is 6.20 Å². The number of hydrogen-bond acceptors (Lipinski definition) is 4. The highest BCUT2D eigenvalue weighted by Gasteiger charge is 2.26. The normalized spacial score (nSPS) is 16.5. The van der Waals surface area contributed by atoms with Gasteiger partial charge in [0.05, 0.1) is 18.7 Å². The summed E-state index contributed by atoms with van der Waals surface area (Å²) in [6.07, 6.45) is 7.99. The first-order valence-electron chi connectivity index (χ1n) is 9.37. The summed E-state index contributed by atoms with van der Waals surface area (Å²) in [5.74, 6) is 1.63. The molecule has 0 atom stereocenters. The van der Waals surface area contributed by atoms with E-state index in [9.17, 15) is 4.79 Å². The van der Waals surface area contributed by atoms with Crippen LogP contribution in [0.25, 0.3) is 0 Å². The molecule has 0 unspecified atom stereocenters. The molecule has 1 aromatic heterocycles. The highest BCUT2D eigenvalue weighted by molar-refractivity contribution is 5.79. The molecule has 2 heterocycles. The first-order chi connectivity index (χ1) is 12.8. The minimum atomic E-state index is 0.154. The van der Waals surface area contributed by atoms with Gasteiger partial charge in [-0.1, -0.05) is 31.4 Å². The minimum absolute atomic E-state index is 0.154. The molecule has 0 radical (unpaired) electrons. The summed E-state index contributed by atoms with van der Waals surface area (Å²) in [5, 5.41) is 0. The van der Waals surface area contributed by atoms with Crippen molar-refractivity contribution >= 4 is 5.91 Å². The molecular weight excluding hydrogens is 328 g/mol. The summed E-state index contributed by atoms with van der Waals surface area (Å²) in [6.45, 7) is 0.829. The van der Waals surface area contributed by atoms with E-state index in [4.69, 9.17) is 9.47 Å². The lowest BCUT2D eigenvalue weighted by Crippen LogP contribution is -2.42. The lowest BCUT2D eigenvalue weighted by Gasteiger charge is -2.34. The number of hydrogen-bond donors (Lipinski definition) is 0. The topological polar surface area (TPSA) is 51.7 Å². The molecule has 0 saturated heterocycles. The molecule has 2 aromatic rings. The zero-order valence-corrected chi connectivity index (χ0v) is 14.9. The molecule has 26 heavy (non-hydrogen) atoms. The first-order valence-corrected chi connectivity index (χ1v) is 9.37. The van der Waals surface area contributed by atoms with E-state index >= 15 is 0 Å². The van der Waals surface area contributed by atoms with E-state index in [2.05, 4.69) is 4.98 Å². The number of carbonyl (C=O) groups is 1. The first kappa shape index (κ1) is 16.9. The van der Waals surface area contributed by atoms with Crippen molar-refractivity contribution in [2.24, 2.45) is 0 Å². The van der Waals surface area contributed by atoms with Crippen LogP contribution in [0.5, 0.6) is 11.5 Å². The number of pyridine rings is 1. The Labute approximate surface area is 153 Å². The number of ether oxygens (including phenoxy) is 2. The molecule has 5 heteroatoms. The van der Waals surface area contributed by atoms with Crippen molar-refractivity contribution < 1.29 is 14.3 Å². The molecule has 5 nitrogen and oxygen atoms in total. The fraction of sp³-hybridized carbons (Fsp3) is 0.429. The highest BCUT2D eigenvalue weighted by Crippen LogP contribution is 2.33. The quantitative estimate of drug-likeness (QED) is 0.823. The molecule has 1 aromatic carbocycles. The van der Waals surface area contributed by atoms with E-state index in [-0.39, 0.29) is 12.7 Å². The van der Waals surface area contributed by atoms with E-state index in [1.165, 1.54) is 19.3 Å². The lowest BCUT2D eigenvalue weighted by molar-refractivity contribution is -0.134. The predicted molar refractivity (Wildman–Crippen MR) is 97.9 cm³/mol. The number of fused-ring (bicyclic) bond motifs is 1. The van der Waals surface area contributed by atoms with Gasteiger partial charge < -0.3 is 14.4 Å². The summed E-state index contributed by atoms with van der Waals surface area (Å²) >= 11 is 0. The standard InChI is InChI=1S/C21H24N2O3/c24-21(13-16-9-10-19-20(12-16)26-15-25-19)23(18-7-2-1-3-8-18)14-17-6-4-5-11-22-17/h4-6,9-12,18H,1-3,7-8,13-15H2. The third-order valence-electron chi connectivity index (χ3n) is 5.19. The number of rotatable bonds is 5. The molecule has 1 fully saturated rings. The van der Waals surface area contributed by atoms with E-state index < -0.39 is 0 Å². The molecule has 0 bridgehead atoms. The van der Waals surface area contributed by atoms with E-state index in [1.807, 2.05) is 41.3 Å². The fourth-order valence-electron chi connectivity index (χ4n) is 3.81. The van der Waals surface area contributed by atoms with Crippen LogP contribution in [-0.2, 0) is 17.8 Å². The van der Waals surface area contributed by atoms with Crippen molar-refractivity contribution in [3.63, 3.8) is 0 Å². The lowest BCUT2D eigenvalue weighted by atomic mass is 9.93. The average Bonchev–Trinajstić information content (AvgIpc) is 3.15. The summed E-state index contributed by atoms with van der Waals surface area (Å²) in [6, 6.07) is 11.9. The predicted octanol–water partition coefficient (Wildman–Crippen LogP) is 3.71. The van der Waals surface area contributed by atoms with Gasteiger partial charge >= 0.3 is 0 Å². The van der Waals surface area contributed by atoms with Crippen LogP contribution in [0.4, 0.5) is 0 Å². The summed E-state index contributed by atoms with van der Waals surface area (Å²) in [4.78, 5) is 19.6. The zero-order valence-electron chi connectivity index (χ0n) is 14.9. The van der Waals surface area contributed by atoms with Gasteiger partial charge in [0.1, 0.15) is 0 Å². The third-order valence-corrected chi connectivity index (χ3v) is 5.19. The van der Waals surface area contributed by atoms with Gasteiger partial charge in [0.25, 0.3) is 0 Å². The minimum Gasteiger partial charge on any atom is -0.454 e. The Morgan fingerprint density at radius 1 is 1.08 bits per heavy atom. The van der Waals surface area contributed by atoms with Crippen LogP contribution in [0.2, 0.25) is 0 Å². The Balaban J connectivity index is 1.51. The van der Waals surface area contributed by atoms with Crippen LogP contribution >= 0.6 is 0 Å². The van der Waals surface area contributed by atoms with Gasteiger partial charge in [-0.05, 0) is 42.7 Å². The molecule has 136 valence electrons. The van der Waals surface area contributed by atoms with Gasteiger partial charge in [-0.25, -0.2) is 0 Å². The molecule has 1 saturated carbocycles. The summed E-state index contributed by atoms with van der Waals surface area (Å²) in [5.41, 5.74) is 1.90. The van der Waals surface area contributed by atoms with Gasteiger partial charge in [0, 0.05) is 12.2 Å². The maximum absolute atomic E-state index is 13.1. The van der Waals surface area contributed by atoms with Crippen LogP contribution in [-0.4, -0.2) is 28.6 Å². The van der Waals surface area contributed by atoms with Crippen LogP contribution < -0.4 is 9.47 Å². The Hall–Kier alpha value is -2.56. The number of amides is 1. The second-order valence-corrected chi connectivity index (χ2v) is 7.00. The van der Waals surface area contributed by atoms with Crippen LogP contribution in [0.3, 0.4) is 0 Å². The molecule has 0 spiro atoms. The Morgan fingerprint density at radius 2 is 1.92 bits per heavy atom. The number of carbonyl (C=O) groups excluding carboxylic acids is 1. The van der Waals surface area contributed by atoms with Crippen molar-refractivity contribution in [2.45, 2.75) is 51.1 Å². The molecule has 4 rings (SSSR count). The molecule has 1 amide bonds. The van der Waals surface area contributed by atoms with Crippen molar-refractivity contribution in [2.75, 3.05) is 6.79 Å². The van der Waals surface area contributed by atoms with Crippen LogP contribution in [0.15, 0.2) is 42.6 Å². The Bertz CT molecular complexity index is 757. The molecule has 1 aliphatic carbocycles. The van der Waals surface area contributed by atoms with Gasteiger partial charge in [0.15, 0.2) is 11.5 Å². The summed E-state index contributed by atoms with van der Waals surface area (Å²) < 4.78 is 10.8. The third kappa shape index (κ3) is 3.82. The largest absolute Gasteiger partial charge is 0.454 e. The average molecular weight is 352 g/mol. The van der Waals surface area contributed by atoms with Gasteiger partial charge in [-0.2, -0.15) is 0 Å². The van der Waals surface area contributed by atoms with Crippen molar-refractivity contribution in [1.29, 1.82) is 0 Å². The van der Waals surface area contributed by atoms with Gasteiger partial charge in [0.2, 0.25) is 12.7 Å². The molecular formula is C21H24N2O3.